The first-order valence-corrected chi connectivity index (χ1v) is 12.4. The average Bonchev–Trinajstić information content (AvgIpc) is 2.74. The largest absolute Gasteiger partial charge is 0.349 e. The second kappa shape index (κ2) is 9.94. The fourth-order valence-corrected chi connectivity index (χ4v) is 5.48. The van der Waals surface area contributed by atoms with Crippen molar-refractivity contribution in [1.82, 2.24) is 9.62 Å². The molecule has 1 heterocycles. The van der Waals surface area contributed by atoms with E-state index in [2.05, 4.69) is 24.4 Å². The molecule has 5 nitrogen and oxygen atoms in total. The van der Waals surface area contributed by atoms with Crippen LogP contribution in [0.3, 0.4) is 0 Å². The molecule has 1 aliphatic rings. The lowest BCUT2D eigenvalue weighted by Crippen LogP contribution is -2.44. The number of hydrogen-bond donors (Lipinski definition) is 1. The van der Waals surface area contributed by atoms with Crippen molar-refractivity contribution in [2.45, 2.75) is 44.9 Å². The number of rotatable bonds is 7. The zero-order chi connectivity index (χ0) is 21.7. The van der Waals surface area contributed by atoms with Crippen LogP contribution in [-0.2, 0) is 20.6 Å². The molecule has 0 bridgehead atoms. The highest BCUT2D eigenvalue weighted by Gasteiger charge is 2.31. The van der Waals surface area contributed by atoms with Crippen molar-refractivity contribution in [1.29, 1.82) is 0 Å². The van der Waals surface area contributed by atoms with Gasteiger partial charge in [-0.25, -0.2) is 12.7 Å². The number of nitrogens with zero attached hydrogens (tertiary/aromatic N) is 1. The number of halogens is 1. The van der Waals surface area contributed by atoms with E-state index in [1.54, 1.807) is 24.3 Å². The lowest BCUT2D eigenvalue weighted by atomic mass is 9.95. The summed E-state index contributed by atoms with van der Waals surface area (Å²) >= 11 is 5.87. The summed E-state index contributed by atoms with van der Waals surface area (Å²) in [6.45, 7) is 4.83. The Morgan fingerprint density at radius 3 is 2.27 bits per heavy atom. The maximum atomic E-state index is 12.8. The zero-order valence-electron chi connectivity index (χ0n) is 17.5. The Morgan fingerprint density at radius 1 is 1.10 bits per heavy atom. The summed E-state index contributed by atoms with van der Waals surface area (Å²) < 4.78 is 27.0. The Balaban J connectivity index is 1.55. The zero-order valence-corrected chi connectivity index (χ0v) is 19.0. The number of carbonyl (C=O) groups excluding carboxylic acids is 1. The molecule has 2 aromatic carbocycles. The summed E-state index contributed by atoms with van der Waals surface area (Å²) in [4.78, 5) is 12.8. The summed E-state index contributed by atoms with van der Waals surface area (Å²) in [5.74, 6) is -0.199. The molecule has 0 aromatic heterocycles. The molecular formula is C23H29ClN2O3S. The number of carbonyl (C=O) groups is 1. The van der Waals surface area contributed by atoms with E-state index in [1.165, 1.54) is 9.87 Å². The highest BCUT2D eigenvalue weighted by Crippen LogP contribution is 2.24. The second-order valence-corrected chi connectivity index (χ2v) is 10.3. The van der Waals surface area contributed by atoms with Crippen LogP contribution >= 0.6 is 11.6 Å². The van der Waals surface area contributed by atoms with E-state index in [0.29, 0.717) is 36.5 Å². The Labute approximate surface area is 184 Å². The maximum Gasteiger partial charge on any atom is 0.223 e. The van der Waals surface area contributed by atoms with E-state index in [4.69, 9.17) is 11.6 Å². The van der Waals surface area contributed by atoms with Gasteiger partial charge in [-0.2, -0.15) is 0 Å². The van der Waals surface area contributed by atoms with E-state index in [0.717, 1.165) is 12.0 Å². The Kier molecular flexibility index (Phi) is 7.55. The Bertz CT molecular complexity index is 951. The molecule has 2 aromatic rings. The van der Waals surface area contributed by atoms with Gasteiger partial charge in [-0.15, -0.1) is 0 Å². The third-order valence-corrected chi connectivity index (χ3v) is 7.79. The van der Waals surface area contributed by atoms with E-state index in [9.17, 15) is 13.2 Å². The van der Waals surface area contributed by atoms with Gasteiger partial charge < -0.3 is 5.32 Å². The summed E-state index contributed by atoms with van der Waals surface area (Å²) in [5, 5.41) is 3.73. The number of hydrogen-bond acceptors (Lipinski definition) is 3. The summed E-state index contributed by atoms with van der Waals surface area (Å²) in [6.07, 6.45) is 1.88. The van der Waals surface area contributed by atoms with Gasteiger partial charge >= 0.3 is 0 Å². The Morgan fingerprint density at radius 2 is 1.70 bits per heavy atom. The van der Waals surface area contributed by atoms with Crippen molar-refractivity contribution in [3.05, 3.63) is 70.2 Å². The highest BCUT2D eigenvalue weighted by atomic mass is 35.5. The van der Waals surface area contributed by atoms with Gasteiger partial charge in [0.15, 0.2) is 0 Å². The van der Waals surface area contributed by atoms with Gasteiger partial charge in [0.05, 0.1) is 11.8 Å². The van der Waals surface area contributed by atoms with Crippen LogP contribution in [0.1, 0.15) is 48.9 Å². The number of piperidine rings is 1. The predicted molar refractivity (Wildman–Crippen MR) is 121 cm³/mol. The van der Waals surface area contributed by atoms with Crippen LogP contribution < -0.4 is 5.32 Å². The van der Waals surface area contributed by atoms with E-state index >= 15 is 0 Å². The molecule has 0 spiro atoms. The molecule has 0 saturated carbocycles. The van der Waals surface area contributed by atoms with Gasteiger partial charge in [0.2, 0.25) is 15.9 Å². The molecule has 1 unspecified atom stereocenters. The molecule has 0 aliphatic carbocycles. The molecule has 0 radical (unpaired) electrons. The molecule has 1 saturated heterocycles. The number of benzene rings is 2. The molecule has 1 aliphatic heterocycles. The second-order valence-electron chi connectivity index (χ2n) is 7.94. The Hall–Kier alpha value is -1.89. The molecule has 7 heteroatoms. The summed E-state index contributed by atoms with van der Waals surface area (Å²) in [6, 6.07) is 15.0. The standard InChI is InChI=1S/C23H29ClN2O3S/c1-3-22(19-8-4-17(2)5-9-19)25-23(27)20-12-14-26(15-13-20)30(28,29)16-18-6-10-21(24)11-7-18/h4-11,20,22H,3,12-16H2,1-2H3,(H,25,27). The number of amides is 1. The smallest absolute Gasteiger partial charge is 0.223 e. The normalized spacial score (nSPS) is 16.9. The minimum atomic E-state index is -3.41. The predicted octanol–water partition coefficient (Wildman–Crippen LogP) is 4.46. The SMILES string of the molecule is CCC(NC(=O)C1CCN(S(=O)(=O)Cc2ccc(Cl)cc2)CC1)c1ccc(C)cc1. The van der Waals surface area contributed by atoms with Crippen LogP contribution in [0.2, 0.25) is 5.02 Å². The van der Waals surface area contributed by atoms with Gasteiger partial charge in [-0.1, -0.05) is 60.5 Å². The van der Waals surface area contributed by atoms with Crippen molar-refractivity contribution in [3.8, 4) is 0 Å². The van der Waals surface area contributed by atoms with Crippen molar-refractivity contribution in [3.63, 3.8) is 0 Å². The summed E-state index contributed by atoms with van der Waals surface area (Å²) in [5.41, 5.74) is 3.00. The molecule has 1 atom stereocenters. The lowest BCUT2D eigenvalue weighted by Gasteiger charge is -2.31. The molecule has 1 amide bonds. The third kappa shape index (κ3) is 5.84. The summed E-state index contributed by atoms with van der Waals surface area (Å²) in [7, 11) is -3.41. The number of aryl methyl sites for hydroxylation is 1. The molecule has 1 fully saturated rings. The van der Waals surface area contributed by atoms with Gasteiger partial charge in [0.1, 0.15) is 0 Å². The van der Waals surface area contributed by atoms with Crippen LogP contribution in [0.4, 0.5) is 0 Å². The average molecular weight is 449 g/mol. The van der Waals surface area contributed by atoms with E-state index in [-0.39, 0.29) is 23.6 Å². The molecule has 162 valence electrons. The van der Waals surface area contributed by atoms with Crippen LogP contribution in [0.25, 0.3) is 0 Å². The van der Waals surface area contributed by atoms with Gasteiger partial charge in [0, 0.05) is 24.0 Å². The minimum Gasteiger partial charge on any atom is -0.349 e. The van der Waals surface area contributed by atoms with Crippen LogP contribution in [0, 0.1) is 12.8 Å². The van der Waals surface area contributed by atoms with Crippen LogP contribution in [0.5, 0.6) is 0 Å². The number of nitrogens with one attached hydrogen (secondary N) is 1. The first-order chi connectivity index (χ1) is 14.3. The van der Waals surface area contributed by atoms with Crippen LogP contribution in [0.15, 0.2) is 48.5 Å². The van der Waals surface area contributed by atoms with Crippen molar-refractivity contribution < 1.29 is 13.2 Å². The quantitative estimate of drug-likeness (QED) is 0.680. The first-order valence-electron chi connectivity index (χ1n) is 10.4. The molecular weight excluding hydrogens is 420 g/mol. The van der Waals surface area contributed by atoms with Gasteiger partial charge in [-0.05, 0) is 49.4 Å². The van der Waals surface area contributed by atoms with Gasteiger partial charge in [0.25, 0.3) is 0 Å². The maximum absolute atomic E-state index is 12.8. The van der Waals surface area contributed by atoms with Crippen molar-refractivity contribution >= 4 is 27.5 Å². The first kappa shape index (κ1) is 22.8. The lowest BCUT2D eigenvalue weighted by molar-refractivity contribution is -0.126. The van der Waals surface area contributed by atoms with E-state index < -0.39 is 10.0 Å². The highest BCUT2D eigenvalue weighted by molar-refractivity contribution is 7.88. The number of sulfonamides is 1. The van der Waals surface area contributed by atoms with Crippen molar-refractivity contribution in [2.24, 2.45) is 5.92 Å². The minimum absolute atomic E-state index is 0.0113. The molecule has 1 N–H and O–H groups in total. The fraction of sp³-hybridized carbons (Fsp3) is 0.435. The van der Waals surface area contributed by atoms with E-state index in [1.807, 2.05) is 19.1 Å². The topological polar surface area (TPSA) is 66.5 Å². The monoisotopic (exact) mass is 448 g/mol. The van der Waals surface area contributed by atoms with Gasteiger partial charge in [-0.3, -0.25) is 4.79 Å². The van der Waals surface area contributed by atoms with Crippen molar-refractivity contribution in [2.75, 3.05) is 13.1 Å². The molecule has 30 heavy (non-hydrogen) atoms. The molecule has 3 rings (SSSR count). The third-order valence-electron chi connectivity index (χ3n) is 5.68. The van der Waals surface area contributed by atoms with Crippen LogP contribution in [-0.4, -0.2) is 31.7 Å². The fourth-order valence-electron chi connectivity index (χ4n) is 3.79.